The topological polar surface area (TPSA) is 20.2 Å². The van der Waals surface area contributed by atoms with Crippen LogP contribution in [0.2, 0.25) is 0 Å². The molecule has 4 rings (SSSR count). The van der Waals surface area contributed by atoms with Gasteiger partial charge in [-0.3, -0.25) is 0 Å². The molecule has 0 spiro atoms. The molecule has 3 saturated carbocycles. The van der Waals surface area contributed by atoms with E-state index in [0.717, 1.165) is 36.0 Å². The van der Waals surface area contributed by atoms with Crippen LogP contribution in [0.4, 0.5) is 0 Å². The molecule has 0 aromatic rings. The molecule has 0 aromatic heterocycles. The van der Waals surface area contributed by atoms with Crippen LogP contribution < -0.4 is 0 Å². The number of aliphatic hydroxyl groups is 1. The van der Waals surface area contributed by atoms with Crippen molar-refractivity contribution in [2.45, 2.75) is 89.6 Å². The molecule has 1 radical (unpaired) electrons. The summed E-state index contributed by atoms with van der Waals surface area (Å²) in [5.41, 5.74) is 1.62. The third kappa shape index (κ3) is 4.75. The average Bonchev–Trinajstić information content (AvgIpc) is 2.61. The van der Waals surface area contributed by atoms with Gasteiger partial charge in [-0.2, -0.15) is 0 Å². The third-order valence-electron chi connectivity index (χ3n) is 8.45. The van der Waals surface area contributed by atoms with Crippen LogP contribution in [0.5, 0.6) is 0 Å². The molecule has 0 aliphatic heterocycles. The van der Waals surface area contributed by atoms with Gasteiger partial charge in [0.05, 0.1) is 6.10 Å². The Morgan fingerprint density at radius 2 is 1.54 bits per heavy atom. The first-order chi connectivity index (χ1) is 12.2. The van der Waals surface area contributed by atoms with Gasteiger partial charge in [0.15, 0.2) is 0 Å². The smallest absolute Gasteiger partial charge is 0.0608 e. The maximum atomic E-state index is 10.8. The monoisotopic (exact) mass is 431 g/mol. The summed E-state index contributed by atoms with van der Waals surface area (Å²) in [6.45, 7) is 3.98. The largest absolute Gasteiger partial charge is 0.392 e. The van der Waals surface area contributed by atoms with Crippen LogP contribution in [0.25, 0.3) is 0 Å². The molecule has 1 nitrogen and oxygen atoms in total. The molecule has 0 heterocycles. The summed E-state index contributed by atoms with van der Waals surface area (Å²) < 4.78 is 0. The van der Waals surface area contributed by atoms with Crippen molar-refractivity contribution in [3.63, 3.8) is 0 Å². The molecular weight excluding hydrogens is 393 g/mol. The molecule has 0 saturated heterocycles. The molecule has 4 unspecified atom stereocenters. The molecule has 3 fully saturated rings. The van der Waals surface area contributed by atoms with E-state index < -0.39 is 0 Å². The van der Waals surface area contributed by atoms with E-state index in [1.807, 2.05) is 0 Å². The molecule has 0 aromatic carbocycles. The summed E-state index contributed by atoms with van der Waals surface area (Å²) in [5, 5.41) is 10.8. The maximum Gasteiger partial charge on any atom is 0.0608 e. The van der Waals surface area contributed by atoms with Crippen molar-refractivity contribution in [3.8, 4) is 0 Å². The molecule has 1 N–H and O–H groups in total. The Morgan fingerprint density at radius 3 is 2.08 bits per heavy atom. The first-order valence-electron chi connectivity index (χ1n) is 11.2. The van der Waals surface area contributed by atoms with Crippen LogP contribution in [0.1, 0.15) is 83.5 Å². The Kier molecular flexibility index (Phi) is 8.05. The first-order valence-corrected chi connectivity index (χ1v) is 11.2. The summed E-state index contributed by atoms with van der Waals surface area (Å²) in [4.78, 5) is 0. The quantitative estimate of drug-likeness (QED) is 0.520. The van der Waals surface area contributed by atoms with Gasteiger partial charge in [0.2, 0.25) is 0 Å². The second-order valence-corrected chi connectivity index (χ2v) is 9.66. The maximum absolute atomic E-state index is 10.8. The fourth-order valence-corrected chi connectivity index (χ4v) is 6.44. The van der Waals surface area contributed by atoms with E-state index in [4.69, 9.17) is 0 Å². The van der Waals surface area contributed by atoms with Crippen molar-refractivity contribution in [2.75, 3.05) is 0 Å². The average molecular weight is 431 g/mol. The predicted molar refractivity (Wildman–Crippen MR) is 105 cm³/mol. The number of hydrogen-bond acceptors (Lipinski definition) is 1. The van der Waals surface area contributed by atoms with Gasteiger partial charge in [-0.1, -0.05) is 37.0 Å². The Hall–Kier alpha value is 0.544. The number of rotatable bonds is 4. The van der Waals surface area contributed by atoms with Gasteiger partial charge in [-0.25, -0.2) is 0 Å². The van der Waals surface area contributed by atoms with Gasteiger partial charge in [-0.15, -0.1) is 6.58 Å². The molecule has 143 valence electrons. The molecule has 4 atom stereocenters. The minimum Gasteiger partial charge on any atom is -0.392 e. The van der Waals surface area contributed by atoms with Crippen molar-refractivity contribution in [1.29, 1.82) is 0 Å². The van der Waals surface area contributed by atoms with E-state index in [1.165, 1.54) is 77.0 Å². The summed E-state index contributed by atoms with van der Waals surface area (Å²) in [7, 11) is 0. The number of aliphatic hydroxyl groups excluding tert-OH is 1. The van der Waals surface area contributed by atoms with Crippen molar-refractivity contribution in [1.82, 2.24) is 0 Å². The minimum absolute atomic E-state index is 0. The second-order valence-electron chi connectivity index (χ2n) is 9.66. The Bertz CT molecular complexity index is 486. The van der Waals surface area contributed by atoms with Gasteiger partial charge >= 0.3 is 0 Å². The SMILES string of the molecule is C=CC1CCC(C2CC=C(C3CCC(C4CCC4)CC3O)CC2)CC1.[Y]. The Labute approximate surface area is 186 Å². The van der Waals surface area contributed by atoms with Gasteiger partial charge in [0.1, 0.15) is 0 Å². The molecular formula is C24H38OY. The van der Waals surface area contributed by atoms with Crippen molar-refractivity contribution in [2.24, 2.45) is 35.5 Å². The van der Waals surface area contributed by atoms with Gasteiger partial charge < -0.3 is 5.11 Å². The van der Waals surface area contributed by atoms with Crippen molar-refractivity contribution in [3.05, 3.63) is 24.3 Å². The number of allylic oxidation sites excluding steroid dienone is 2. The van der Waals surface area contributed by atoms with Crippen molar-refractivity contribution < 1.29 is 37.8 Å². The molecule has 4 aliphatic carbocycles. The van der Waals surface area contributed by atoms with Gasteiger partial charge in [0.25, 0.3) is 0 Å². The molecule has 4 aliphatic rings. The molecule has 0 bridgehead atoms. The van der Waals surface area contributed by atoms with Crippen LogP contribution >= 0.6 is 0 Å². The fraction of sp³-hybridized carbons (Fsp3) is 0.833. The zero-order valence-corrected chi connectivity index (χ0v) is 19.5. The molecule has 0 amide bonds. The first kappa shape index (κ1) is 21.3. The van der Waals surface area contributed by atoms with Crippen LogP contribution in [-0.4, -0.2) is 11.2 Å². The van der Waals surface area contributed by atoms with E-state index in [9.17, 15) is 5.11 Å². The van der Waals surface area contributed by atoms with Crippen LogP contribution in [0.3, 0.4) is 0 Å². The molecule has 2 heteroatoms. The zero-order chi connectivity index (χ0) is 17.2. The van der Waals surface area contributed by atoms with Gasteiger partial charge in [0, 0.05) is 38.6 Å². The third-order valence-corrected chi connectivity index (χ3v) is 8.45. The van der Waals surface area contributed by atoms with E-state index in [2.05, 4.69) is 18.7 Å². The van der Waals surface area contributed by atoms with E-state index >= 15 is 0 Å². The standard InChI is InChI=1S/C24H38O.Y/c1-2-17-6-8-19(9-7-17)20-10-12-21(13-11-20)23-15-14-22(16-24(23)25)18-4-3-5-18;/h2,12,17-20,22-25H,1,3-11,13-16H2;. The molecule has 26 heavy (non-hydrogen) atoms. The minimum atomic E-state index is -0.0508. The van der Waals surface area contributed by atoms with E-state index in [0.29, 0.717) is 5.92 Å². The van der Waals surface area contributed by atoms with Gasteiger partial charge in [-0.05, 0) is 93.8 Å². The number of hydrogen-bond donors (Lipinski definition) is 1. The summed E-state index contributed by atoms with van der Waals surface area (Å²) in [6.07, 6.45) is 22.2. The Morgan fingerprint density at radius 1 is 0.846 bits per heavy atom. The summed E-state index contributed by atoms with van der Waals surface area (Å²) in [5.74, 6) is 4.93. The summed E-state index contributed by atoms with van der Waals surface area (Å²) >= 11 is 0. The van der Waals surface area contributed by atoms with Crippen molar-refractivity contribution >= 4 is 0 Å². The predicted octanol–water partition coefficient (Wildman–Crippen LogP) is 6.28. The Balaban J connectivity index is 0.00000196. The van der Waals surface area contributed by atoms with E-state index in [-0.39, 0.29) is 38.8 Å². The fourth-order valence-electron chi connectivity index (χ4n) is 6.44. The zero-order valence-electron chi connectivity index (χ0n) is 16.6. The van der Waals surface area contributed by atoms with Crippen LogP contribution in [-0.2, 0) is 32.7 Å². The van der Waals surface area contributed by atoms with Crippen LogP contribution in [0, 0.1) is 35.5 Å². The summed E-state index contributed by atoms with van der Waals surface area (Å²) in [6, 6.07) is 0. The second kappa shape index (κ2) is 9.84. The van der Waals surface area contributed by atoms with E-state index in [1.54, 1.807) is 5.57 Å². The van der Waals surface area contributed by atoms with Crippen LogP contribution in [0.15, 0.2) is 24.3 Å². The normalized spacial score (nSPS) is 41.5.